The Labute approximate surface area is 363 Å². The largest absolute Gasteiger partial charge is 0.496 e. The van der Waals surface area contributed by atoms with Gasteiger partial charge in [0.25, 0.3) is 5.91 Å². The van der Waals surface area contributed by atoms with Crippen molar-refractivity contribution in [2.75, 3.05) is 50.7 Å². The SMILES string of the molecule is COc1cc(N2CCC(NCCCCCCCSc3ccc4c(c3)CN(C3CCC(=O)NC3=O)C4=O)CC2)ccc1Cc1ncc(Cl)c(Cc2ccccc2P(C)(C)=O)n1. The van der Waals surface area contributed by atoms with Crippen molar-refractivity contribution in [2.45, 2.75) is 94.2 Å². The molecule has 4 aromatic rings. The molecule has 60 heavy (non-hydrogen) atoms. The van der Waals surface area contributed by atoms with Crippen LogP contribution in [0.3, 0.4) is 0 Å². The number of anilines is 1. The molecule has 0 bridgehead atoms. The molecule has 0 spiro atoms. The molecule has 3 aromatic carbocycles. The maximum absolute atomic E-state index is 13.0. The molecule has 3 aliphatic heterocycles. The summed E-state index contributed by atoms with van der Waals surface area (Å²) in [6.45, 7) is 7.02. The normalized spacial score (nSPS) is 17.3. The molecule has 4 heterocycles. The van der Waals surface area contributed by atoms with Gasteiger partial charge in [-0.25, -0.2) is 9.97 Å². The monoisotopic (exact) mass is 870 g/mol. The summed E-state index contributed by atoms with van der Waals surface area (Å²) in [6.07, 6.45) is 11.5. The number of ether oxygens (including phenoxy) is 1. The first kappa shape index (κ1) is 43.9. The van der Waals surface area contributed by atoms with E-state index in [1.54, 1.807) is 31.5 Å². The van der Waals surface area contributed by atoms with E-state index in [9.17, 15) is 18.9 Å². The van der Waals surface area contributed by atoms with Gasteiger partial charge in [0.15, 0.2) is 0 Å². The van der Waals surface area contributed by atoms with Crippen molar-refractivity contribution in [3.05, 3.63) is 106 Å². The Morgan fingerprint density at radius 1 is 0.933 bits per heavy atom. The van der Waals surface area contributed by atoms with Crippen LogP contribution in [0, 0.1) is 0 Å². The average molecular weight is 871 g/mol. The van der Waals surface area contributed by atoms with Crippen LogP contribution in [0.1, 0.15) is 96.4 Å². The molecule has 1 atom stereocenters. The smallest absolute Gasteiger partial charge is 0.255 e. The number of imide groups is 1. The maximum atomic E-state index is 13.0. The van der Waals surface area contributed by atoms with Crippen LogP contribution in [0.5, 0.6) is 5.75 Å². The lowest BCUT2D eigenvalue weighted by Crippen LogP contribution is -2.52. The third-order valence-corrected chi connectivity index (χ3v) is 14.8. The van der Waals surface area contributed by atoms with E-state index in [2.05, 4.69) is 44.8 Å². The van der Waals surface area contributed by atoms with Crippen molar-refractivity contribution >= 4 is 59.2 Å². The molecule has 0 saturated carbocycles. The summed E-state index contributed by atoms with van der Waals surface area (Å²) in [5.41, 5.74) is 5.48. The fourth-order valence-corrected chi connectivity index (χ4v) is 10.9. The van der Waals surface area contributed by atoms with E-state index >= 15 is 0 Å². The summed E-state index contributed by atoms with van der Waals surface area (Å²) in [4.78, 5) is 51.4. The van der Waals surface area contributed by atoms with Crippen LogP contribution in [-0.2, 0) is 33.5 Å². The standard InChI is InChI=1S/C46H56ClN6O5PS/c1-58-41-28-35(14-13-31(41)27-43-49-29-38(47)39(50-43)26-32-11-7-8-12-42(32)59(2,3)57)52-22-19-34(20-23-52)48-21-9-5-4-6-10-24-60-36-15-16-37-33(25-36)30-53(46(37)56)40-17-18-44(54)51-45(40)55/h7-8,11-16,25,28-29,34,40,48H,4-6,9-10,17-24,26-27,30H2,1-3H3,(H,51,54,55). The summed E-state index contributed by atoms with van der Waals surface area (Å²) < 4.78 is 18.8. The molecule has 0 radical (unpaired) electrons. The van der Waals surface area contributed by atoms with Gasteiger partial charge in [-0.1, -0.05) is 61.2 Å². The number of nitrogens with zero attached hydrogens (tertiary/aromatic N) is 4. The Bertz CT molecular complexity index is 2240. The number of hydrogen-bond donors (Lipinski definition) is 2. The molecule has 2 saturated heterocycles. The highest BCUT2D eigenvalue weighted by molar-refractivity contribution is 7.99. The van der Waals surface area contributed by atoms with Crippen molar-refractivity contribution in [1.29, 1.82) is 0 Å². The molecule has 2 fully saturated rings. The number of carbonyl (C=O) groups is 3. The summed E-state index contributed by atoms with van der Waals surface area (Å²) in [6, 6.07) is 20.1. The van der Waals surface area contributed by atoms with E-state index < -0.39 is 13.2 Å². The van der Waals surface area contributed by atoms with Gasteiger partial charge in [0.2, 0.25) is 11.8 Å². The second-order valence-corrected chi connectivity index (χ2v) is 21.2. The first-order valence-corrected chi connectivity index (χ1v) is 25.1. The number of unbranched alkanes of at least 4 members (excludes halogenated alkanes) is 4. The number of rotatable bonds is 18. The zero-order chi connectivity index (χ0) is 42.2. The number of aromatic nitrogens is 2. The summed E-state index contributed by atoms with van der Waals surface area (Å²) in [5.74, 6) is 1.74. The van der Waals surface area contributed by atoms with Crippen LogP contribution >= 0.6 is 30.5 Å². The minimum atomic E-state index is -2.46. The van der Waals surface area contributed by atoms with E-state index in [4.69, 9.17) is 21.3 Å². The zero-order valence-electron chi connectivity index (χ0n) is 34.9. The fraction of sp³-hybridized carbons (Fsp3) is 0.457. The van der Waals surface area contributed by atoms with Crippen LogP contribution in [0.15, 0.2) is 71.8 Å². The number of amides is 3. The van der Waals surface area contributed by atoms with Crippen LogP contribution in [-0.4, -0.2) is 90.5 Å². The molecule has 1 aromatic heterocycles. The van der Waals surface area contributed by atoms with E-state index in [1.807, 2.05) is 48.2 Å². The fourth-order valence-electron chi connectivity index (χ4n) is 8.50. The minimum Gasteiger partial charge on any atom is -0.496 e. The number of hydrogen-bond acceptors (Lipinski definition) is 10. The lowest BCUT2D eigenvalue weighted by molar-refractivity contribution is -0.136. The third kappa shape index (κ3) is 11.0. The quantitative estimate of drug-likeness (QED) is 0.0445. The van der Waals surface area contributed by atoms with Gasteiger partial charge in [0, 0.05) is 84.2 Å². The Balaban J connectivity index is 0.785. The molecular formula is C46H56ClN6O5PS. The van der Waals surface area contributed by atoms with Gasteiger partial charge in [0.05, 0.1) is 17.8 Å². The predicted octanol–water partition coefficient (Wildman–Crippen LogP) is 7.63. The number of benzene rings is 3. The Morgan fingerprint density at radius 2 is 1.72 bits per heavy atom. The number of carbonyl (C=O) groups excluding carboxylic acids is 3. The Morgan fingerprint density at radius 3 is 2.50 bits per heavy atom. The Hall–Kier alpha value is -4.22. The molecular weight excluding hydrogens is 815 g/mol. The van der Waals surface area contributed by atoms with Gasteiger partial charge in [-0.2, -0.15) is 0 Å². The summed E-state index contributed by atoms with van der Waals surface area (Å²) in [7, 11) is -0.753. The van der Waals surface area contributed by atoms with E-state index in [-0.39, 0.29) is 24.1 Å². The number of thioether (sulfide) groups is 1. The van der Waals surface area contributed by atoms with E-state index in [1.165, 1.54) is 25.7 Å². The van der Waals surface area contributed by atoms with Crippen molar-refractivity contribution in [2.24, 2.45) is 0 Å². The topological polar surface area (TPSA) is 134 Å². The molecule has 11 nitrogen and oxygen atoms in total. The summed E-state index contributed by atoms with van der Waals surface area (Å²) >= 11 is 8.38. The Kier molecular flexibility index (Phi) is 14.7. The molecule has 318 valence electrons. The third-order valence-electron chi connectivity index (χ3n) is 11.8. The highest BCUT2D eigenvalue weighted by Crippen LogP contribution is 2.37. The van der Waals surface area contributed by atoms with Gasteiger partial charge in [-0.3, -0.25) is 19.7 Å². The van der Waals surface area contributed by atoms with E-state index in [0.29, 0.717) is 48.3 Å². The second kappa shape index (κ2) is 20.1. The predicted molar refractivity (Wildman–Crippen MR) is 241 cm³/mol. The van der Waals surface area contributed by atoms with Crippen molar-refractivity contribution in [3.63, 3.8) is 0 Å². The van der Waals surface area contributed by atoms with Crippen LogP contribution in [0.25, 0.3) is 0 Å². The number of piperidine rings is 2. The molecule has 1 unspecified atom stereocenters. The van der Waals surface area contributed by atoms with Crippen LogP contribution < -0.4 is 25.6 Å². The molecule has 3 amide bonds. The molecule has 2 N–H and O–H groups in total. The number of halogens is 1. The summed E-state index contributed by atoms with van der Waals surface area (Å²) in [5, 5.41) is 7.52. The first-order chi connectivity index (χ1) is 29.0. The molecule has 3 aliphatic rings. The van der Waals surface area contributed by atoms with Gasteiger partial charge in [-0.15, -0.1) is 11.8 Å². The highest BCUT2D eigenvalue weighted by atomic mass is 35.5. The van der Waals surface area contributed by atoms with Crippen molar-refractivity contribution < 1.29 is 23.7 Å². The zero-order valence-corrected chi connectivity index (χ0v) is 37.3. The van der Waals surface area contributed by atoms with Gasteiger partial charge in [0.1, 0.15) is 24.8 Å². The second-order valence-electron chi connectivity index (χ2n) is 16.5. The van der Waals surface area contributed by atoms with E-state index in [0.717, 1.165) is 88.7 Å². The minimum absolute atomic E-state index is 0.125. The molecule has 14 heteroatoms. The van der Waals surface area contributed by atoms with Crippen LogP contribution in [0.4, 0.5) is 5.69 Å². The first-order valence-electron chi connectivity index (χ1n) is 21.2. The van der Waals surface area contributed by atoms with Crippen LogP contribution in [0.2, 0.25) is 5.02 Å². The van der Waals surface area contributed by atoms with Crippen molar-refractivity contribution in [3.8, 4) is 5.75 Å². The van der Waals surface area contributed by atoms with Gasteiger partial charge >= 0.3 is 0 Å². The lowest BCUT2D eigenvalue weighted by Gasteiger charge is -2.34. The highest BCUT2D eigenvalue weighted by Gasteiger charge is 2.39. The van der Waals surface area contributed by atoms with Crippen molar-refractivity contribution in [1.82, 2.24) is 25.5 Å². The van der Waals surface area contributed by atoms with Gasteiger partial charge < -0.3 is 24.4 Å². The molecule has 7 rings (SSSR count). The number of fused-ring (bicyclic) bond motifs is 1. The molecule has 0 aliphatic carbocycles. The number of nitrogens with one attached hydrogen (secondary N) is 2. The van der Waals surface area contributed by atoms with Gasteiger partial charge in [-0.05, 0) is 93.1 Å². The lowest BCUT2D eigenvalue weighted by atomic mass is 10.0. The average Bonchev–Trinajstić information content (AvgIpc) is 3.56. The maximum Gasteiger partial charge on any atom is 0.255 e. The number of methoxy groups -OCH3 is 1.